The van der Waals surface area contributed by atoms with Crippen LogP contribution in [-0.4, -0.2) is 13.7 Å². The molecule has 0 unspecified atom stereocenters. The zero-order valence-electron chi connectivity index (χ0n) is 9.22. The Hall–Kier alpha value is -0.440. The second kappa shape index (κ2) is 5.26. The summed E-state index contributed by atoms with van der Waals surface area (Å²) in [4.78, 5) is 0. The number of ether oxygens (including phenoxy) is 1. The van der Waals surface area contributed by atoms with Crippen LogP contribution in [0.5, 0.6) is 5.75 Å². The Bertz CT molecular complexity index is 378. The molecule has 0 aliphatic heterocycles. The molecule has 0 atom stereocenters. The van der Waals surface area contributed by atoms with Gasteiger partial charge in [-0.05, 0) is 37.9 Å². The highest BCUT2D eigenvalue weighted by atomic mass is 35.5. The Morgan fingerprint density at radius 2 is 2.12 bits per heavy atom. The summed E-state index contributed by atoms with van der Waals surface area (Å²) >= 11 is 12.1. The fourth-order valence-corrected chi connectivity index (χ4v) is 2.17. The van der Waals surface area contributed by atoms with E-state index in [1.54, 1.807) is 6.07 Å². The molecule has 88 valence electrons. The summed E-state index contributed by atoms with van der Waals surface area (Å²) in [5.41, 5.74) is 1.01. The first-order valence-electron chi connectivity index (χ1n) is 5.46. The summed E-state index contributed by atoms with van der Waals surface area (Å²) in [5.74, 6) is 1.49. The molecule has 0 spiro atoms. The third-order valence-electron chi connectivity index (χ3n) is 2.61. The fourth-order valence-electron chi connectivity index (χ4n) is 1.58. The smallest absolute Gasteiger partial charge is 0.142 e. The largest absolute Gasteiger partial charge is 0.491 e. The third-order valence-corrected chi connectivity index (χ3v) is 3.11. The SMILES string of the molecule is CNCc1cc(Cl)cc(Cl)c1OCC1CC1. The predicted octanol–water partition coefficient (Wildman–Crippen LogP) is 3.50. The van der Waals surface area contributed by atoms with Crippen LogP contribution < -0.4 is 10.1 Å². The molecule has 1 N–H and O–H groups in total. The Morgan fingerprint density at radius 1 is 1.38 bits per heavy atom. The van der Waals surface area contributed by atoms with Crippen molar-refractivity contribution < 1.29 is 4.74 Å². The monoisotopic (exact) mass is 259 g/mol. The first kappa shape index (κ1) is 12.0. The fraction of sp³-hybridized carbons (Fsp3) is 0.500. The Morgan fingerprint density at radius 3 is 2.75 bits per heavy atom. The van der Waals surface area contributed by atoms with Gasteiger partial charge in [0, 0.05) is 17.1 Å². The molecule has 2 nitrogen and oxygen atoms in total. The lowest BCUT2D eigenvalue weighted by Crippen LogP contribution is -2.09. The topological polar surface area (TPSA) is 21.3 Å². The molecular weight excluding hydrogens is 245 g/mol. The summed E-state index contributed by atoms with van der Waals surface area (Å²) in [6, 6.07) is 3.62. The zero-order valence-corrected chi connectivity index (χ0v) is 10.7. The van der Waals surface area contributed by atoms with Gasteiger partial charge in [-0.1, -0.05) is 23.2 Å². The van der Waals surface area contributed by atoms with Gasteiger partial charge in [-0.15, -0.1) is 0 Å². The highest BCUT2D eigenvalue weighted by Crippen LogP contribution is 2.35. The van der Waals surface area contributed by atoms with E-state index >= 15 is 0 Å². The van der Waals surface area contributed by atoms with Crippen LogP contribution in [0.1, 0.15) is 18.4 Å². The average Bonchev–Trinajstić information content (AvgIpc) is 3.00. The van der Waals surface area contributed by atoms with Gasteiger partial charge >= 0.3 is 0 Å². The number of hydrogen-bond donors (Lipinski definition) is 1. The maximum atomic E-state index is 6.14. The minimum atomic E-state index is 0.596. The summed E-state index contributed by atoms with van der Waals surface area (Å²) in [6.45, 7) is 1.47. The van der Waals surface area contributed by atoms with Crippen molar-refractivity contribution >= 4 is 23.2 Å². The molecule has 0 aromatic heterocycles. The van der Waals surface area contributed by atoms with Crippen molar-refractivity contribution in [2.24, 2.45) is 5.92 Å². The minimum Gasteiger partial charge on any atom is -0.491 e. The molecule has 4 heteroatoms. The standard InChI is InChI=1S/C12H15Cl2NO/c1-15-6-9-4-10(13)5-11(14)12(9)16-7-8-2-3-8/h4-5,8,15H,2-3,6-7H2,1H3. The van der Waals surface area contributed by atoms with Crippen LogP contribution in [-0.2, 0) is 6.54 Å². The first-order chi connectivity index (χ1) is 7.70. The lowest BCUT2D eigenvalue weighted by atomic mass is 10.2. The second-order valence-corrected chi connectivity index (χ2v) is 5.00. The Labute approximate surface area is 106 Å². The van der Waals surface area contributed by atoms with Gasteiger partial charge in [0.2, 0.25) is 0 Å². The normalized spacial score (nSPS) is 15.2. The van der Waals surface area contributed by atoms with E-state index in [0.717, 1.165) is 17.9 Å². The second-order valence-electron chi connectivity index (χ2n) is 4.16. The molecule has 0 radical (unpaired) electrons. The van der Waals surface area contributed by atoms with E-state index in [9.17, 15) is 0 Å². The molecule has 0 bridgehead atoms. The maximum Gasteiger partial charge on any atom is 0.142 e. The van der Waals surface area contributed by atoms with E-state index in [2.05, 4.69) is 5.32 Å². The first-order valence-corrected chi connectivity index (χ1v) is 6.21. The number of nitrogens with one attached hydrogen (secondary N) is 1. The number of benzene rings is 1. The van der Waals surface area contributed by atoms with Crippen LogP contribution in [0.25, 0.3) is 0 Å². The molecule has 1 aromatic carbocycles. The van der Waals surface area contributed by atoms with Gasteiger partial charge in [0.1, 0.15) is 5.75 Å². The van der Waals surface area contributed by atoms with Crippen LogP contribution in [0, 0.1) is 5.92 Å². The molecule has 0 saturated heterocycles. The highest BCUT2D eigenvalue weighted by molar-refractivity contribution is 6.35. The quantitative estimate of drug-likeness (QED) is 0.874. The number of rotatable bonds is 5. The van der Waals surface area contributed by atoms with Gasteiger partial charge in [0.25, 0.3) is 0 Å². The van der Waals surface area contributed by atoms with E-state index in [1.807, 2.05) is 13.1 Å². The van der Waals surface area contributed by atoms with Gasteiger partial charge in [-0.2, -0.15) is 0 Å². The Balaban J connectivity index is 2.16. The van der Waals surface area contributed by atoms with Crippen molar-refractivity contribution in [3.8, 4) is 5.75 Å². The van der Waals surface area contributed by atoms with Gasteiger partial charge in [0.05, 0.1) is 11.6 Å². The molecule has 16 heavy (non-hydrogen) atoms. The van der Waals surface area contributed by atoms with Crippen LogP contribution in [0.3, 0.4) is 0 Å². The van der Waals surface area contributed by atoms with Crippen molar-refractivity contribution in [2.75, 3.05) is 13.7 Å². The number of halogens is 2. The minimum absolute atomic E-state index is 0.596. The van der Waals surface area contributed by atoms with Crippen molar-refractivity contribution in [1.29, 1.82) is 0 Å². The van der Waals surface area contributed by atoms with E-state index in [0.29, 0.717) is 22.5 Å². The molecule has 1 fully saturated rings. The molecule has 1 aromatic rings. The number of hydrogen-bond acceptors (Lipinski definition) is 2. The molecule has 1 aliphatic carbocycles. The van der Waals surface area contributed by atoms with E-state index in [4.69, 9.17) is 27.9 Å². The highest BCUT2D eigenvalue weighted by Gasteiger charge is 2.23. The maximum absolute atomic E-state index is 6.14. The molecular formula is C12H15Cl2NO. The third kappa shape index (κ3) is 3.03. The Kier molecular flexibility index (Phi) is 3.95. The van der Waals surface area contributed by atoms with Crippen molar-refractivity contribution in [3.63, 3.8) is 0 Å². The lowest BCUT2D eigenvalue weighted by Gasteiger charge is -2.13. The van der Waals surface area contributed by atoms with Crippen molar-refractivity contribution in [2.45, 2.75) is 19.4 Å². The van der Waals surface area contributed by atoms with Crippen LogP contribution in [0.4, 0.5) is 0 Å². The van der Waals surface area contributed by atoms with Gasteiger partial charge in [-0.3, -0.25) is 0 Å². The van der Waals surface area contributed by atoms with E-state index < -0.39 is 0 Å². The molecule has 1 aliphatic rings. The summed E-state index contributed by atoms with van der Waals surface area (Å²) in [6.07, 6.45) is 2.54. The van der Waals surface area contributed by atoms with Crippen molar-refractivity contribution in [3.05, 3.63) is 27.7 Å². The van der Waals surface area contributed by atoms with E-state index in [-0.39, 0.29) is 0 Å². The summed E-state index contributed by atoms with van der Waals surface area (Å²) in [5, 5.41) is 4.33. The van der Waals surface area contributed by atoms with Crippen LogP contribution >= 0.6 is 23.2 Å². The predicted molar refractivity (Wildman–Crippen MR) is 67.4 cm³/mol. The zero-order chi connectivity index (χ0) is 11.5. The van der Waals surface area contributed by atoms with Gasteiger partial charge < -0.3 is 10.1 Å². The molecule has 0 amide bonds. The van der Waals surface area contributed by atoms with Crippen molar-refractivity contribution in [1.82, 2.24) is 5.32 Å². The van der Waals surface area contributed by atoms with Crippen LogP contribution in [0.15, 0.2) is 12.1 Å². The van der Waals surface area contributed by atoms with Gasteiger partial charge in [0.15, 0.2) is 0 Å². The summed E-state index contributed by atoms with van der Waals surface area (Å²) in [7, 11) is 1.89. The van der Waals surface area contributed by atoms with Gasteiger partial charge in [-0.25, -0.2) is 0 Å². The van der Waals surface area contributed by atoms with Crippen LogP contribution in [0.2, 0.25) is 10.0 Å². The average molecular weight is 260 g/mol. The van der Waals surface area contributed by atoms with E-state index in [1.165, 1.54) is 12.8 Å². The summed E-state index contributed by atoms with van der Waals surface area (Å²) < 4.78 is 5.77. The molecule has 1 saturated carbocycles. The molecule has 2 rings (SSSR count). The molecule has 0 heterocycles. The lowest BCUT2D eigenvalue weighted by molar-refractivity contribution is 0.296.